The average molecular weight is 390 g/mol. The van der Waals surface area contributed by atoms with Crippen molar-refractivity contribution < 1.29 is 22.7 Å². The van der Waals surface area contributed by atoms with Crippen LogP contribution in [0.4, 0.5) is 11.4 Å². The maximum absolute atomic E-state index is 12.3. The average Bonchev–Trinajstić information content (AvgIpc) is 2.68. The van der Waals surface area contributed by atoms with Gasteiger partial charge in [-0.05, 0) is 62.4 Å². The molecular weight excluding hydrogens is 368 g/mol. The third-order valence-corrected chi connectivity index (χ3v) is 5.70. The molecule has 0 aliphatic carbocycles. The van der Waals surface area contributed by atoms with Crippen LogP contribution in [0.3, 0.4) is 0 Å². The maximum atomic E-state index is 12.3. The lowest BCUT2D eigenvalue weighted by molar-refractivity contribution is 0.0526. The monoisotopic (exact) mass is 390 g/mol. The Bertz CT molecular complexity index is 906. The molecule has 2 rings (SSSR count). The largest absolute Gasteiger partial charge is 0.462 e. The predicted octanol–water partition coefficient (Wildman–Crippen LogP) is 2.90. The predicted molar refractivity (Wildman–Crippen MR) is 105 cm³/mol. The lowest BCUT2D eigenvalue weighted by Crippen LogP contribution is -2.28. The summed E-state index contributed by atoms with van der Waals surface area (Å²) < 4.78 is 29.9. The first-order chi connectivity index (χ1) is 12.8. The molecular formula is C19H22N2O5S. The van der Waals surface area contributed by atoms with Gasteiger partial charge in [0, 0.05) is 18.3 Å². The zero-order valence-electron chi connectivity index (χ0n) is 15.4. The zero-order chi connectivity index (χ0) is 20.0. The smallest absolute Gasteiger partial charge is 0.338 e. The number of carbonyl (C=O) groups is 2. The number of carbonyl (C=O) groups excluding carboxylic acids is 2. The summed E-state index contributed by atoms with van der Waals surface area (Å²) in [6.45, 7) is 3.59. The van der Waals surface area contributed by atoms with Gasteiger partial charge in [0.05, 0.1) is 23.6 Å². The second-order valence-electron chi connectivity index (χ2n) is 5.67. The Kier molecular flexibility index (Phi) is 6.57. The van der Waals surface area contributed by atoms with Crippen molar-refractivity contribution >= 4 is 33.3 Å². The fraction of sp³-hybridized carbons (Fsp3) is 0.263. The van der Waals surface area contributed by atoms with Gasteiger partial charge in [0.1, 0.15) is 0 Å². The third kappa shape index (κ3) is 5.07. The van der Waals surface area contributed by atoms with E-state index < -0.39 is 16.0 Å². The molecule has 0 heterocycles. The van der Waals surface area contributed by atoms with Crippen molar-refractivity contribution in [3.63, 3.8) is 0 Å². The zero-order valence-corrected chi connectivity index (χ0v) is 16.2. The summed E-state index contributed by atoms with van der Waals surface area (Å²) in [6.07, 6.45) is 0. The van der Waals surface area contributed by atoms with E-state index >= 15 is 0 Å². The summed E-state index contributed by atoms with van der Waals surface area (Å²) in [6, 6.07) is 12.6. The standard InChI is InChI=1S/C19H22N2O5S/c1-4-26-19(23)15-6-10-16(11-7-15)20-18(22)14-8-12-17(13-9-14)21(3)27(24,25)5-2/h6-13H,4-5H2,1-3H3,(H,20,22). The summed E-state index contributed by atoms with van der Waals surface area (Å²) in [5.74, 6) is -0.767. The van der Waals surface area contributed by atoms with Crippen LogP contribution >= 0.6 is 0 Å². The van der Waals surface area contributed by atoms with Gasteiger partial charge in [0.25, 0.3) is 5.91 Å². The SMILES string of the molecule is CCOC(=O)c1ccc(NC(=O)c2ccc(N(C)S(=O)(=O)CC)cc2)cc1. The number of amides is 1. The van der Waals surface area contributed by atoms with E-state index in [4.69, 9.17) is 4.74 Å². The minimum absolute atomic E-state index is 0.00642. The molecule has 0 atom stereocenters. The Balaban J connectivity index is 2.07. The highest BCUT2D eigenvalue weighted by atomic mass is 32.2. The first-order valence-corrected chi connectivity index (χ1v) is 10.0. The molecule has 0 saturated carbocycles. The van der Waals surface area contributed by atoms with Gasteiger partial charge in [-0.3, -0.25) is 9.10 Å². The number of nitrogens with one attached hydrogen (secondary N) is 1. The van der Waals surface area contributed by atoms with Crippen LogP contribution in [-0.2, 0) is 14.8 Å². The van der Waals surface area contributed by atoms with Crippen molar-refractivity contribution in [3.05, 3.63) is 59.7 Å². The summed E-state index contributed by atoms with van der Waals surface area (Å²) in [5, 5.41) is 2.72. The van der Waals surface area contributed by atoms with E-state index in [0.29, 0.717) is 29.1 Å². The number of hydrogen-bond acceptors (Lipinski definition) is 5. The van der Waals surface area contributed by atoms with Gasteiger partial charge in [0.15, 0.2) is 0 Å². The van der Waals surface area contributed by atoms with Gasteiger partial charge >= 0.3 is 5.97 Å². The Hall–Kier alpha value is -2.87. The topological polar surface area (TPSA) is 92.8 Å². The molecule has 0 aliphatic heterocycles. The first kappa shape index (κ1) is 20.4. The molecule has 144 valence electrons. The van der Waals surface area contributed by atoms with Crippen molar-refractivity contribution in [2.75, 3.05) is 29.0 Å². The molecule has 2 aromatic carbocycles. The van der Waals surface area contributed by atoms with Crippen molar-refractivity contribution in [2.24, 2.45) is 0 Å². The quantitative estimate of drug-likeness (QED) is 0.734. The summed E-state index contributed by atoms with van der Waals surface area (Å²) in [5.41, 5.74) is 1.80. The maximum Gasteiger partial charge on any atom is 0.338 e. The highest BCUT2D eigenvalue weighted by Gasteiger charge is 2.16. The van der Waals surface area contributed by atoms with Crippen LogP contribution < -0.4 is 9.62 Å². The van der Waals surface area contributed by atoms with E-state index in [1.165, 1.54) is 11.4 Å². The number of sulfonamides is 1. The van der Waals surface area contributed by atoms with Gasteiger partial charge in [-0.15, -0.1) is 0 Å². The third-order valence-electron chi connectivity index (χ3n) is 3.93. The fourth-order valence-electron chi connectivity index (χ4n) is 2.28. The molecule has 8 heteroatoms. The van der Waals surface area contributed by atoms with E-state index in [1.807, 2.05) is 0 Å². The molecule has 7 nitrogen and oxygen atoms in total. The normalized spacial score (nSPS) is 10.9. The molecule has 2 aromatic rings. The van der Waals surface area contributed by atoms with Crippen LogP contribution in [0.15, 0.2) is 48.5 Å². The van der Waals surface area contributed by atoms with Crippen LogP contribution in [0, 0.1) is 0 Å². The number of rotatable bonds is 7. The molecule has 1 amide bonds. The Morgan fingerprint density at radius 1 is 0.963 bits per heavy atom. The van der Waals surface area contributed by atoms with Gasteiger partial charge in [-0.2, -0.15) is 0 Å². The van der Waals surface area contributed by atoms with E-state index in [2.05, 4.69) is 5.32 Å². The molecule has 0 radical (unpaired) electrons. The van der Waals surface area contributed by atoms with Crippen LogP contribution in [0.5, 0.6) is 0 Å². The number of ether oxygens (including phenoxy) is 1. The highest BCUT2D eigenvalue weighted by molar-refractivity contribution is 7.92. The Morgan fingerprint density at radius 2 is 1.52 bits per heavy atom. The van der Waals surface area contributed by atoms with Crippen molar-refractivity contribution in [3.8, 4) is 0 Å². The van der Waals surface area contributed by atoms with E-state index in [9.17, 15) is 18.0 Å². The summed E-state index contributed by atoms with van der Waals surface area (Å²) in [4.78, 5) is 24.0. The minimum atomic E-state index is -3.35. The van der Waals surface area contributed by atoms with E-state index in [-0.39, 0.29) is 11.7 Å². The Morgan fingerprint density at radius 3 is 2.04 bits per heavy atom. The molecule has 0 spiro atoms. The second-order valence-corrected chi connectivity index (χ2v) is 7.96. The molecule has 0 bridgehead atoms. The van der Waals surface area contributed by atoms with Crippen LogP contribution in [0.25, 0.3) is 0 Å². The van der Waals surface area contributed by atoms with Gasteiger partial charge in [0.2, 0.25) is 10.0 Å². The lowest BCUT2D eigenvalue weighted by atomic mass is 10.1. The molecule has 27 heavy (non-hydrogen) atoms. The van der Waals surface area contributed by atoms with Crippen LogP contribution in [-0.4, -0.2) is 39.7 Å². The molecule has 0 aliphatic rings. The van der Waals surface area contributed by atoms with Crippen molar-refractivity contribution in [1.29, 1.82) is 0 Å². The number of nitrogens with zero attached hydrogens (tertiary/aromatic N) is 1. The van der Waals surface area contributed by atoms with E-state index in [0.717, 1.165) is 0 Å². The molecule has 0 aromatic heterocycles. The summed E-state index contributed by atoms with van der Waals surface area (Å²) >= 11 is 0. The molecule has 0 saturated heterocycles. The minimum Gasteiger partial charge on any atom is -0.462 e. The van der Waals surface area contributed by atoms with Gasteiger partial charge in [-0.1, -0.05) is 0 Å². The molecule has 0 unspecified atom stereocenters. The Labute approximate surface area is 159 Å². The lowest BCUT2D eigenvalue weighted by Gasteiger charge is -2.18. The molecule has 1 N–H and O–H groups in total. The van der Waals surface area contributed by atoms with Gasteiger partial charge < -0.3 is 10.1 Å². The first-order valence-electron chi connectivity index (χ1n) is 8.43. The number of esters is 1. The van der Waals surface area contributed by atoms with Crippen LogP contribution in [0.1, 0.15) is 34.6 Å². The number of anilines is 2. The van der Waals surface area contributed by atoms with Gasteiger partial charge in [-0.25, -0.2) is 13.2 Å². The second kappa shape index (κ2) is 8.68. The van der Waals surface area contributed by atoms with Crippen molar-refractivity contribution in [2.45, 2.75) is 13.8 Å². The number of hydrogen-bond donors (Lipinski definition) is 1. The molecule has 0 fully saturated rings. The van der Waals surface area contributed by atoms with E-state index in [1.54, 1.807) is 62.4 Å². The summed E-state index contributed by atoms with van der Waals surface area (Å²) in [7, 11) is -1.88. The fourth-order valence-corrected chi connectivity index (χ4v) is 3.11. The number of benzene rings is 2. The highest BCUT2D eigenvalue weighted by Crippen LogP contribution is 2.18. The van der Waals surface area contributed by atoms with Crippen molar-refractivity contribution in [1.82, 2.24) is 0 Å². The van der Waals surface area contributed by atoms with Crippen LogP contribution in [0.2, 0.25) is 0 Å².